The maximum absolute atomic E-state index is 12.9. The van der Waals surface area contributed by atoms with Gasteiger partial charge in [0, 0.05) is 17.8 Å². The molecule has 1 fully saturated rings. The highest BCUT2D eigenvalue weighted by molar-refractivity contribution is 8.00. The third kappa shape index (κ3) is 3.46. The second-order valence-corrected chi connectivity index (χ2v) is 8.17. The lowest BCUT2D eigenvalue weighted by atomic mass is 9.98. The summed E-state index contributed by atoms with van der Waals surface area (Å²) < 4.78 is 10.2. The van der Waals surface area contributed by atoms with Crippen LogP contribution in [-0.2, 0) is 23.9 Å². The van der Waals surface area contributed by atoms with E-state index in [2.05, 4.69) is 5.32 Å². The van der Waals surface area contributed by atoms with Crippen LogP contribution in [0.15, 0.2) is 46.5 Å². The molecule has 2 aliphatic heterocycles. The van der Waals surface area contributed by atoms with Gasteiger partial charge in [0.05, 0.1) is 12.9 Å². The van der Waals surface area contributed by atoms with Gasteiger partial charge in [-0.25, -0.2) is 4.79 Å². The topological polar surface area (TPSA) is 84.9 Å². The Hall–Kier alpha value is -1.97. The van der Waals surface area contributed by atoms with Crippen LogP contribution in [0, 0.1) is 0 Å². The maximum atomic E-state index is 12.9. The van der Waals surface area contributed by atoms with Crippen molar-refractivity contribution < 1.29 is 23.9 Å². The first-order valence-corrected chi connectivity index (χ1v) is 10.3. The molecule has 0 radical (unpaired) electrons. The number of esters is 1. The van der Waals surface area contributed by atoms with Crippen LogP contribution in [0.1, 0.15) is 6.92 Å². The standard InChI is InChI=1S/C18H20N2O5S2/c1-11-9-27-17-18(25-3,16(23)20(17)14(11)15(22)24-2)19-13(21)10-26-12-7-5-4-6-8-12/h4-8,17H,9-10H2,1-3H3,(H,19,21)/t17-,18-/m0/s1. The summed E-state index contributed by atoms with van der Waals surface area (Å²) in [7, 11) is 2.65. The molecule has 2 heterocycles. The summed E-state index contributed by atoms with van der Waals surface area (Å²) in [6.45, 7) is 1.78. The molecule has 1 saturated heterocycles. The predicted molar refractivity (Wildman–Crippen MR) is 103 cm³/mol. The van der Waals surface area contributed by atoms with Crippen molar-refractivity contribution in [3.63, 3.8) is 0 Å². The quantitative estimate of drug-likeness (QED) is 0.331. The lowest BCUT2D eigenvalue weighted by molar-refractivity contribution is -0.192. The van der Waals surface area contributed by atoms with E-state index in [1.807, 2.05) is 30.3 Å². The molecular weight excluding hydrogens is 388 g/mol. The normalized spacial score (nSPS) is 24.2. The van der Waals surface area contributed by atoms with Crippen LogP contribution in [0.2, 0.25) is 0 Å². The molecule has 1 aromatic rings. The summed E-state index contributed by atoms with van der Waals surface area (Å²) in [6.07, 6.45) is 0. The van der Waals surface area contributed by atoms with Gasteiger partial charge >= 0.3 is 5.97 Å². The Bertz CT molecular complexity index is 798. The molecular formula is C18H20N2O5S2. The molecule has 27 heavy (non-hydrogen) atoms. The number of benzene rings is 1. The highest BCUT2D eigenvalue weighted by Crippen LogP contribution is 2.46. The van der Waals surface area contributed by atoms with E-state index >= 15 is 0 Å². The SMILES string of the molecule is COC(=O)C1=C(C)CS[C@@H]2N1C(=O)[C@]2(NC(=O)CSc1ccccc1)OC. The van der Waals surface area contributed by atoms with Crippen LogP contribution >= 0.6 is 23.5 Å². The van der Waals surface area contributed by atoms with E-state index in [4.69, 9.17) is 9.47 Å². The van der Waals surface area contributed by atoms with Crippen molar-refractivity contribution in [2.75, 3.05) is 25.7 Å². The number of carbonyl (C=O) groups excluding carboxylic acids is 3. The molecule has 0 saturated carbocycles. The molecule has 7 nitrogen and oxygen atoms in total. The molecule has 0 spiro atoms. The number of thioether (sulfide) groups is 2. The van der Waals surface area contributed by atoms with Crippen LogP contribution in [0.4, 0.5) is 0 Å². The minimum absolute atomic E-state index is 0.151. The molecule has 0 aromatic heterocycles. The number of nitrogens with zero attached hydrogens (tertiary/aromatic N) is 1. The Morgan fingerprint density at radius 3 is 2.67 bits per heavy atom. The van der Waals surface area contributed by atoms with Gasteiger partial charge in [0.15, 0.2) is 0 Å². The molecule has 0 aliphatic carbocycles. The second-order valence-electron chi connectivity index (χ2n) is 6.05. The molecule has 1 aromatic carbocycles. The summed E-state index contributed by atoms with van der Waals surface area (Å²) in [5, 5.41) is 2.21. The first-order chi connectivity index (χ1) is 12.9. The van der Waals surface area contributed by atoms with Gasteiger partial charge in [-0.1, -0.05) is 18.2 Å². The fraction of sp³-hybridized carbons (Fsp3) is 0.389. The van der Waals surface area contributed by atoms with Crippen molar-refractivity contribution in [3.8, 4) is 0 Å². The molecule has 2 atom stereocenters. The van der Waals surface area contributed by atoms with E-state index < -0.39 is 23.0 Å². The van der Waals surface area contributed by atoms with Gasteiger partial charge in [-0.3, -0.25) is 14.5 Å². The fourth-order valence-corrected chi connectivity index (χ4v) is 5.13. The summed E-state index contributed by atoms with van der Waals surface area (Å²) in [6, 6.07) is 9.51. The van der Waals surface area contributed by atoms with Crippen molar-refractivity contribution in [1.82, 2.24) is 10.2 Å². The molecule has 2 amide bonds. The Balaban J connectivity index is 1.72. The number of hydrogen-bond acceptors (Lipinski definition) is 7. The number of β-lactam (4-membered cyclic amide) rings is 1. The zero-order chi connectivity index (χ0) is 19.6. The van der Waals surface area contributed by atoms with E-state index in [1.54, 1.807) is 6.92 Å². The summed E-state index contributed by atoms with van der Waals surface area (Å²) >= 11 is 2.81. The van der Waals surface area contributed by atoms with Crippen molar-refractivity contribution in [2.45, 2.75) is 22.9 Å². The number of rotatable bonds is 6. The van der Waals surface area contributed by atoms with Gasteiger partial charge in [-0.15, -0.1) is 23.5 Å². The summed E-state index contributed by atoms with van der Waals surface area (Å²) in [5.74, 6) is -0.663. The number of carbonyl (C=O) groups is 3. The molecule has 2 aliphatic rings. The van der Waals surface area contributed by atoms with Gasteiger partial charge in [-0.05, 0) is 24.6 Å². The molecule has 0 bridgehead atoms. The Morgan fingerprint density at radius 2 is 2.04 bits per heavy atom. The number of hydrogen-bond donors (Lipinski definition) is 1. The summed E-state index contributed by atoms with van der Waals surface area (Å²) in [5.41, 5.74) is -0.488. The van der Waals surface area contributed by atoms with Crippen LogP contribution < -0.4 is 5.32 Å². The van der Waals surface area contributed by atoms with Gasteiger partial charge in [0.2, 0.25) is 5.91 Å². The molecule has 9 heteroatoms. The lowest BCUT2D eigenvalue weighted by Crippen LogP contribution is -2.80. The van der Waals surface area contributed by atoms with Crippen molar-refractivity contribution >= 4 is 41.3 Å². The summed E-state index contributed by atoms with van der Waals surface area (Å²) in [4.78, 5) is 39.7. The van der Waals surface area contributed by atoms with Gasteiger partial charge in [0.25, 0.3) is 11.6 Å². The van der Waals surface area contributed by atoms with Crippen molar-refractivity contribution in [1.29, 1.82) is 0 Å². The van der Waals surface area contributed by atoms with Crippen molar-refractivity contribution in [3.05, 3.63) is 41.6 Å². The molecule has 0 unspecified atom stereocenters. The average molecular weight is 409 g/mol. The van der Waals surface area contributed by atoms with E-state index in [0.717, 1.165) is 10.5 Å². The number of methoxy groups -OCH3 is 2. The molecule has 144 valence electrons. The van der Waals surface area contributed by atoms with Gasteiger partial charge in [0.1, 0.15) is 11.1 Å². The molecule has 1 N–H and O–H groups in total. The highest BCUT2D eigenvalue weighted by atomic mass is 32.2. The number of amides is 2. The second kappa shape index (κ2) is 7.95. The third-order valence-corrected chi connectivity index (χ3v) is 6.83. The van der Waals surface area contributed by atoms with E-state index in [1.165, 1.54) is 42.6 Å². The lowest BCUT2D eigenvalue weighted by Gasteiger charge is -2.55. The predicted octanol–water partition coefficient (Wildman–Crippen LogP) is 1.60. The monoisotopic (exact) mass is 408 g/mol. The Kier molecular flexibility index (Phi) is 5.83. The first kappa shape index (κ1) is 19.8. The zero-order valence-electron chi connectivity index (χ0n) is 15.2. The third-order valence-electron chi connectivity index (χ3n) is 4.36. The minimum Gasteiger partial charge on any atom is -0.464 e. The van der Waals surface area contributed by atoms with Crippen LogP contribution in [0.3, 0.4) is 0 Å². The number of ether oxygens (including phenoxy) is 2. The van der Waals surface area contributed by atoms with E-state index in [9.17, 15) is 14.4 Å². The van der Waals surface area contributed by atoms with Gasteiger partial charge < -0.3 is 14.8 Å². The van der Waals surface area contributed by atoms with Crippen molar-refractivity contribution in [2.24, 2.45) is 0 Å². The van der Waals surface area contributed by atoms with E-state index in [-0.39, 0.29) is 17.4 Å². The smallest absolute Gasteiger partial charge is 0.354 e. The highest BCUT2D eigenvalue weighted by Gasteiger charge is 2.66. The van der Waals surface area contributed by atoms with Crippen LogP contribution in [-0.4, -0.2) is 59.5 Å². The minimum atomic E-state index is -1.47. The average Bonchev–Trinajstić information content (AvgIpc) is 2.70. The largest absolute Gasteiger partial charge is 0.464 e. The first-order valence-electron chi connectivity index (χ1n) is 8.22. The zero-order valence-corrected chi connectivity index (χ0v) is 16.8. The van der Waals surface area contributed by atoms with Crippen LogP contribution in [0.5, 0.6) is 0 Å². The van der Waals surface area contributed by atoms with Crippen LogP contribution in [0.25, 0.3) is 0 Å². The Labute approximate surface area is 165 Å². The number of nitrogens with one attached hydrogen (secondary N) is 1. The maximum Gasteiger partial charge on any atom is 0.354 e. The Morgan fingerprint density at radius 1 is 1.33 bits per heavy atom. The fourth-order valence-electron chi connectivity index (χ4n) is 3.03. The number of fused-ring (bicyclic) bond motifs is 1. The van der Waals surface area contributed by atoms with Gasteiger partial charge in [-0.2, -0.15) is 0 Å². The van der Waals surface area contributed by atoms with E-state index in [0.29, 0.717) is 5.75 Å². The molecule has 3 rings (SSSR count).